The summed E-state index contributed by atoms with van der Waals surface area (Å²) < 4.78 is 94.9. The number of hydrogen-bond acceptors (Lipinski definition) is 23. The minimum atomic E-state index is -0.960. The molecule has 39 heteroatoms. The highest BCUT2D eigenvalue weighted by molar-refractivity contribution is 6.31. The van der Waals surface area contributed by atoms with Crippen molar-refractivity contribution < 1.29 is 41.0 Å². The van der Waals surface area contributed by atoms with Crippen molar-refractivity contribution in [2.24, 2.45) is 32.7 Å². The zero-order chi connectivity index (χ0) is 86.4. The van der Waals surface area contributed by atoms with E-state index < -0.39 is 65.2 Å². The summed E-state index contributed by atoms with van der Waals surface area (Å²) in [5, 5.41) is 40.6. The molecule has 0 unspecified atom stereocenters. The lowest BCUT2D eigenvalue weighted by molar-refractivity contribution is 0.0623. The van der Waals surface area contributed by atoms with Crippen LogP contribution in [0, 0.1) is 35.6 Å². The number of halogens is 8. The van der Waals surface area contributed by atoms with Crippen molar-refractivity contribution in [2.75, 3.05) is 16.4 Å². The molecular formula is C85H68Cl3F5N24O7. The fourth-order valence-electron chi connectivity index (χ4n) is 17.6. The molecule has 0 spiro atoms. The van der Waals surface area contributed by atoms with Gasteiger partial charge in [0.2, 0.25) is 29.7 Å². The Kier molecular flexibility index (Phi) is 19.8. The van der Waals surface area contributed by atoms with Crippen LogP contribution in [0.2, 0.25) is 15.1 Å². The number of rotatable bonds is 14. The Morgan fingerprint density at radius 1 is 0.444 bits per heavy atom. The maximum absolute atomic E-state index is 15.3. The number of nitrogens with two attached hydrogens (primary N) is 1. The van der Waals surface area contributed by atoms with Crippen molar-refractivity contribution in [3.63, 3.8) is 0 Å². The average molecular weight is 1740 g/mol. The first-order chi connectivity index (χ1) is 59.4. The van der Waals surface area contributed by atoms with E-state index in [0.717, 1.165) is 53.2 Å². The topological polar surface area (TPSA) is 375 Å². The number of ether oxygens (including phenoxy) is 2. The molecule has 3 fully saturated rings. The molecule has 6 aliphatic heterocycles. The SMILES string of the molecule is CC(C)(C)OC(=O)Nc1ccc(C2=C(F)N=C([C@@H]3[C@H]4C[C@H]4c4cc(-c5cc(Cl)ccc5-n5cnnn5)cc(=O)n43)C2)c(F)n1.CC(C)(C)OC(=O)Nc1ccc(C2=CN=C([C@@H]3[C@H]4C[C@H]4c4cc(-c5cc(Cl)ccc5-n5cnnn5)cc(=O)n43)C2)c(F)n1.Nc1ccc(C2=C(F)N=C([C@@H]3[C@H]4C[C@H]4c4cc(-c5cc(Cl)ccc5-n5cnnn5)cc(=O)n43)C2)c(F)n1. The van der Waals surface area contributed by atoms with Crippen LogP contribution in [0.1, 0.15) is 150 Å². The van der Waals surface area contributed by atoms with Crippen LogP contribution in [0.4, 0.5) is 49.0 Å². The van der Waals surface area contributed by atoms with Gasteiger partial charge in [-0.25, -0.2) is 34.5 Å². The van der Waals surface area contributed by atoms with E-state index in [2.05, 4.69) is 87.1 Å². The van der Waals surface area contributed by atoms with Gasteiger partial charge in [0.25, 0.3) is 16.7 Å². The number of anilines is 3. The summed E-state index contributed by atoms with van der Waals surface area (Å²) in [6, 6.07) is 34.1. The first-order valence-electron chi connectivity index (χ1n) is 39.2. The number of carbonyl (C=O) groups is 2. The number of nitrogen functional groups attached to an aromatic ring is 1. The summed E-state index contributed by atoms with van der Waals surface area (Å²) >= 11 is 18.9. The molecule has 2 amide bonds. The highest BCUT2D eigenvalue weighted by atomic mass is 35.5. The van der Waals surface area contributed by atoms with Crippen molar-refractivity contribution in [1.29, 1.82) is 0 Å². The summed E-state index contributed by atoms with van der Waals surface area (Å²) in [5.41, 5.74) is 15.2. The molecule has 0 bridgehead atoms. The molecule has 0 saturated heterocycles. The fourth-order valence-corrected chi connectivity index (χ4v) is 18.1. The highest BCUT2D eigenvalue weighted by Gasteiger charge is 2.58. The molecule has 15 heterocycles. The number of tetrazole rings is 3. The molecule has 21 rings (SSSR count). The number of aromatic nitrogens is 18. The largest absolute Gasteiger partial charge is 0.444 e. The molecule has 4 N–H and O–H groups in total. The van der Waals surface area contributed by atoms with E-state index in [9.17, 15) is 32.8 Å². The van der Waals surface area contributed by atoms with Crippen LogP contribution in [0.25, 0.3) is 67.2 Å². The molecule has 9 aliphatic rings. The smallest absolute Gasteiger partial charge is 0.413 e. The van der Waals surface area contributed by atoms with Crippen LogP contribution < -0.4 is 33.0 Å². The summed E-state index contributed by atoms with van der Waals surface area (Å²) in [7, 11) is 0. The van der Waals surface area contributed by atoms with E-state index in [1.807, 2.05) is 28.8 Å². The van der Waals surface area contributed by atoms with Crippen molar-refractivity contribution in [1.82, 2.24) is 89.3 Å². The maximum atomic E-state index is 15.3. The lowest BCUT2D eigenvalue weighted by Crippen LogP contribution is -2.29. The van der Waals surface area contributed by atoms with Crippen molar-refractivity contribution >= 4 is 98.3 Å². The lowest BCUT2D eigenvalue weighted by atomic mass is 9.98. The minimum Gasteiger partial charge on any atom is -0.444 e. The Hall–Kier alpha value is -13.7. The third-order valence-corrected chi connectivity index (χ3v) is 23.6. The van der Waals surface area contributed by atoms with Gasteiger partial charge in [-0.15, -0.1) is 15.3 Å². The third-order valence-electron chi connectivity index (χ3n) is 22.9. The molecule has 3 aliphatic carbocycles. The summed E-state index contributed by atoms with van der Waals surface area (Å²) in [6.45, 7) is 10.3. The zero-order valence-corrected chi connectivity index (χ0v) is 68.5. The van der Waals surface area contributed by atoms with Gasteiger partial charge in [0.05, 0.1) is 35.2 Å². The summed E-state index contributed by atoms with van der Waals surface area (Å²) in [5.74, 6) is -3.20. The van der Waals surface area contributed by atoms with Gasteiger partial charge in [0, 0.05) is 155 Å². The molecule has 9 aromatic heterocycles. The number of hydrogen-bond donors (Lipinski definition) is 3. The molecule has 0 radical (unpaired) electrons. The Morgan fingerprint density at radius 2 is 0.806 bits per heavy atom. The number of fused-ring (bicyclic) bond motifs is 9. The molecule has 124 heavy (non-hydrogen) atoms. The van der Waals surface area contributed by atoms with Gasteiger partial charge in [-0.1, -0.05) is 34.8 Å². The molecule has 3 saturated carbocycles. The second kappa shape index (κ2) is 30.7. The number of nitrogens with one attached hydrogen (secondary N) is 2. The van der Waals surface area contributed by atoms with Crippen LogP contribution in [0.3, 0.4) is 0 Å². The standard InChI is InChI=1S/C30H25ClF2N8O3.C30H26ClFN8O3.C25H17ClF2N8O/c1-30(2,3)44-29(43)37-24-7-5-16(27(32)36-24)20-12-21(35-28(20)33)26-19-11-18(19)23-8-14(9-25(42)41(23)26)17-10-15(31)4-6-22(17)40-13-34-38-39-40;1-30(2,3)43-29(42)36-25-7-5-18(28(32)35-25)16-8-22(33-13-16)27-21-12-20(21)24-9-15(10-26(41)40(24)27)19-11-17(31)4-6-23(19)39-14-34-37-38-39;26-12-1-3-19(35-10-30-33-34-35)14(7-12)11-5-20-15-8-16(15)23(36(20)22(37)6-11)18-9-17(25(28)31-18)13-2-4-21(29)32-24(13)27/h4-10,13,18-19,26H,11-12H2,1-3H3,(H,36,37,43);4-7,9-11,13-14,20-21,27H,8,12H2,1-3H3,(H,35,36,42);1-7,10,15-16,23H,8-9H2,(H2,29,32)/t18-,19+,26+;20-,21+,27+;15-,16+,23+/m111/s1. The van der Waals surface area contributed by atoms with Crippen molar-refractivity contribution in [3.8, 4) is 50.4 Å². The van der Waals surface area contributed by atoms with E-state index in [4.69, 9.17) is 50.0 Å². The number of benzene rings is 3. The lowest BCUT2D eigenvalue weighted by Gasteiger charge is -2.20. The van der Waals surface area contributed by atoms with Crippen LogP contribution in [-0.4, -0.2) is 130 Å². The minimum absolute atomic E-state index is 0.0113. The number of pyridine rings is 6. The van der Waals surface area contributed by atoms with E-state index >= 15 is 13.2 Å². The van der Waals surface area contributed by atoms with Crippen LogP contribution in [0.5, 0.6) is 0 Å². The monoisotopic (exact) mass is 1740 g/mol. The number of allylic oxidation sites excluding steroid dienone is 3. The predicted molar refractivity (Wildman–Crippen MR) is 448 cm³/mol. The van der Waals surface area contributed by atoms with E-state index in [0.29, 0.717) is 77.8 Å². The van der Waals surface area contributed by atoms with Gasteiger partial charge in [0.1, 0.15) is 47.6 Å². The second-order valence-electron chi connectivity index (χ2n) is 33.2. The van der Waals surface area contributed by atoms with Gasteiger partial charge in [-0.2, -0.15) is 36.0 Å². The quantitative estimate of drug-likeness (QED) is 0.0517. The van der Waals surface area contributed by atoms with Gasteiger partial charge in [-0.3, -0.25) is 30.0 Å². The first-order valence-corrected chi connectivity index (χ1v) is 40.4. The number of carbonyl (C=O) groups excluding carboxylic acids is 2. The Morgan fingerprint density at radius 3 is 1.16 bits per heavy atom. The highest BCUT2D eigenvalue weighted by Crippen LogP contribution is 2.63. The van der Waals surface area contributed by atoms with Crippen LogP contribution >= 0.6 is 34.8 Å². The Bertz CT molecular complexity index is 6900. The molecule has 9 atom stereocenters. The Labute approximate surface area is 713 Å². The summed E-state index contributed by atoms with van der Waals surface area (Å²) in [6.07, 6.45) is 7.66. The van der Waals surface area contributed by atoms with E-state index in [-0.39, 0.29) is 116 Å². The second-order valence-corrected chi connectivity index (χ2v) is 34.5. The average Bonchev–Trinajstić information content (AvgIpc) is 1.55. The molecule has 3 aromatic carbocycles. The maximum Gasteiger partial charge on any atom is 0.413 e. The molecular weight excluding hydrogens is 1670 g/mol. The number of amides is 2. The normalized spacial score (nSPS) is 20.7. The number of nitrogens with zero attached hydrogens (tertiary/aromatic N) is 21. The zero-order valence-electron chi connectivity index (χ0n) is 66.2. The van der Waals surface area contributed by atoms with Gasteiger partial charge in [0.15, 0.2) is 0 Å². The molecule has 626 valence electrons. The first kappa shape index (κ1) is 80.0. The van der Waals surface area contributed by atoms with Gasteiger partial charge >= 0.3 is 12.2 Å². The predicted octanol–water partition coefficient (Wildman–Crippen LogP) is 15.5. The molecule has 31 nitrogen and oxygen atoms in total. The van der Waals surface area contributed by atoms with E-state index in [1.54, 1.807) is 118 Å². The Balaban J connectivity index is 0.000000122. The van der Waals surface area contributed by atoms with Crippen LogP contribution in [-0.2, 0) is 9.47 Å². The van der Waals surface area contributed by atoms with E-state index in [1.165, 1.54) is 75.5 Å². The number of aliphatic imine (C=N–C) groups is 3. The third kappa shape index (κ3) is 15.2. The van der Waals surface area contributed by atoms with Crippen LogP contribution in [0.15, 0.2) is 194 Å². The fraction of sp³-hybridized carbons (Fsp3) is 0.271. The summed E-state index contributed by atoms with van der Waals surface area (Å²) in [4.78, 5) is 89.1. The van der Waals surface area contributed by atoms with Gasteiger partial charge < -0.3 is 28.9 Å². The molecule has 12 aromatic rings. The van der Waals surface area contributed by atoms with Crippen molar-refractivity contribution in [2.45, 2.75) is 127 Å². The van der Waals surface area contributed by atoms with Crippen molar-refractivity contribution in [3.05, 3.63) is 262 Å². The van der Waals surface area contributed by atoms with Gasteiger partial charge in [-0.05, 0) is 241 Å².